The summed E-state index contributed by atoms with van der Waals surface area (Å²) in [5.74, 6) is 0.255. The maximum atomic E-state index is 12.0. The van der Waals surface area contributed by atoms with Gasteiger partial charge in [0.05, 0.1) is 6.54 Å². The number of unbranched alkanes of at least 4 members (excludes halogenated alkanes) is 1. The maximum Gasteiger partial charge on any atom is 0.236 e. The molecule has 94 valence electrons. The molecule has 1 saturated heterocycles. The van der Waals surface area contributed by atoms with Crippen LogP contribution in [0.1, 0.15) is 33.1 Å². The predicted octanol–water partition coefficient (Wildman–Crippen LogP) is 0.668. The van der Waals surface area contributed by atoms with Gasteiger partial charge in [-0.1, -0.05) is 13.3 Å². The Balaban J connectivity index is 2.31. The molecule has 4 heteroatoms. The Morgan fingerprint density at radius 1 is 1.50 bits per heavy atom. The van der Waals surface area contributed by atoms with Crippen LogP contribution in [-0.2, 0) is 4.79 Å². The molecule has 0 radical (unpaired) electrons. The zero-order valence-electron chi connectivity index (χ0n) is 10.6. The molecule has 0 aromatic carbocycles. The molecule has 1 rings (SSSR count). The Morgan fingerprint density at radius 3 is 2.75 bits per heavy atom. The van der Waals surface area contributed by atoms with Crippen molar-refractivity contribution in [3.05, 3.63) is 0 Å². The van der Waals surface area contributed by atoms with Crippen molar-refractivity contribution in [3.63, 3.8) is 0 Å². The molecule has 0 aromatic heterocycles. The van der Waals surface area contributed by atoms with E-state index in [-0.39, 0.29) is 11.9 Å². The fourth-order valence-electron chi connectivity index (χ4n) is 2.11. The van der Waals surface area contributed by atoms with Crippen LogP contribution in [0.2, 0.25) is 0 Å². The van der Waals surface area contributed by atoms with Crippen molar-refractivity contribution in [2.24, 2.45) is 5.73 Å². The summed E-state index contributed by atoms with van der Waals surface area (Å²) in [5.41, 5.74) is 5.82. The average Bonchev–Trinajstić information content (AvgIpc) is 2.65. The van der Waals surface area contributed by atoms with Gasteiger partial charge in [0.2, 0.25) is 5.91 Å². The van der Waals surface area contributed by atoms with E-state index >= 15 is 0 Å². The number of hydrogen-bond donors (Lipinski definition) is 1. The van der Waals surface area contributed by atoms with Crippen molar-refractivity contribution in [3.8, 4) is 0 Å². The first-order valence-electron chi connectivity index (χ1n) is 6.43. The number of nitrogens with two attached hydrogens (primary N) is 1. The molecule has 1 heterocycles. The van der Waals surface area contributed by atoms with Crippen LogP contribution < -0.4 is 5.73 Å². The van der Waals surface area contributed by atoms with Crippen LogP contribution in [0.5, 0.6) is 0 Å². The predicted molar refractivity (Wildman–Crippen MR) is 66.2 cm³/mol. The lowest BCUT2D eigenvalue weighted by Gasteiger charge is -2.23. The number of carbonyl (C=O) groups is 1. The number of carbonyl (C=O) groups excluding carboxylic acids is 1. The molecule has 0 saturated carbocycles. The average molecular weight is 227 g/mol. The minimum atomic E-state index is 0.255. The first-order valence-corrected chi connectivity index (χ1v) is 6.43. The second kappa shape index (κ2) is 6.86. The number of rotatable bonds is 6. The standard InChI is InChI=1S/C12H25N3O/c1-3-5-7-15(4-2)12(16)10-14-8-6-11(13)9-14/h11H,3-10,13H2,1-2H3/t11-/m0/s1. The van der Waals surface area contributed by atoms with Gasteiger partial charge in [-0.3, -0.25) is 9.69 Å². The zero-order valence-corrected chi connectivity index (χ0v) is 10.6. The molecule has 0 bridgehead atoms. The van der Waals surface area contributed by atoms with Crippen molar-refractivity contribution < 1.29 is 4.79 Å². The molecule has 1 fully saturated rings. The molecule has 0 aliphatic carbocycles. The van der Waals surface area contributed by atoms with Crippen molar-refractivity contribution >= 4 is 5.91 Å². The molecule has 4 nitrogen and oxygen atoms in total. The first-order chi connectivity index (χ1) is 7.67. The van der Waals surface area contributed by atoms with Gasteiger partial charge in [-0.2, -0.15) is 0 Å². The molecule has 0 aromatic rings. The Kier molecular flexibility index (Phi) is 5.77. The lowest BCUT2D eigenvalue weighted by atomic mass is 10.3. The van der Waals surface area contributed by atoms with Gasteiger partial charge in [-0.15, -0.1) is 0 Å². The third-order valence-corrected chi connectivity index (χ3v) is 3.18. The van der Waals surface area contributed by atoms with Crippen LogP contribution in [0.3, 0.4) is 0 Å². The summed E-state index contributed by atoms with van der Waals surface area (Å²) >= 11 is 0. The Bertz CT molecular complexity index is 220. The van der Waals surface area contributed by atoms with Gasteiger partial charge in [0.1, 0.15) is 0 Å². The van der Waals surface area contributed by atoms with E-state index in [4.69, 9.17) is 5.73 Å². The van der Waals surface area contributed by atoms with E-state index < -0.39 is 0 Å². The smallest absolute Gasteiger partial charge is 0.236 e. The van der Waals surface area contributed by atoms with Gasteiger partial charge in [-0.05, 0) is 19.8 Å². The van der Waals surface area contributed by atoms with Gasteiger partial charge in [0.25, 0.3) is 0 Å². The number of hydrogen-bond acceptors (Lipinski definition) is 3. The zero-order chi connectivity index (χ0) is 12.0. The number of likely N-dealkylation sites (tertiary alicyclic amines) is 1. The summed E-state index contributed by atoms with van der Waals surface area (Å²) in [4.78, 5) is 16.1. The fraction of sp³-hybridized carbons (Fsp3) is 0.917. The molecule has 1 aliphatic rings. The Labute approximate surface area is 98.8 Å². The van der Waals surface area contributed by atoms with Crippen molar-refractivity contribution in [2.45, 2.75) is 39.2 Å². The monoisotopic (exact) mass is 227 g/mol. The second-order valence-corrected chi connectivity index (χ2v) is 4.61. The van der Waals surface area contributed by atoms with Crippen LogP contribution in [0.25, 0.3) is 0 Å². The minimum absolute atomic E-state index is 0.255. The summed E-state index contributed by atoms with van der Waals surface area (Å²) in [5, 5.41) is 0. The SMILES string of the molecule is CCCCN(CC)C(=O)CN1CC[C@H](N)C1. The second-order valence-electron chi connectivity index (χ2n) is 4.61. The number of likely N-dealkylation sites (N-methyl/N-ethyl adjacent to an activating group) is 1. The summed E-state index contributed by atoms with van der Waals surface area (Å²) in [6.07, 6.45) is 3.26. The van der Waals surface area contributed by atoms with Crippen molar-refractivity contribution in [2.75, 3.05) is 32.7 Å². The van der Waals surface area contributed by atoms with Crippen molar-refractivity contribution in [1.82, 2.24) is 9.80 Å². The Hall–Kier alpha value is -0.610. The van der Waals surface area contributed by atoms with Gasteiger partial charge in [-0.25, -0.2) is 0 Å². The van der Waals surface area contributed by atoms with Gasteiger partial charge >= 0.3 is 0 Å². The van der Waals surface area contributed by atoms with E-state index in [2.05, 4.69) is 11.8 Å². The highest BCUT2D eigenvalue weighted by Gasteiger charge is 2.22. The molecule has 16 heavy (non-hydrogen) atoms. The van der Waals surface area contributed by atoms with E-state index in [9.17, 15) is 4.79 Å². The maximum absolute atomic E-state index is 12.0. The van der Waals surface area contributed by atoms with Crippen LogP contribution in [0.15, 0.2) is 0 Å². The van der Waals surface area contributed by atoms with Gasteiger partial charge in [0.15, 0.2) is 0 Å². The molecule has 0 unspecified atom stereocenters. The Morgan fingerprint density at radius 2 is 2.25 bits per heavy atom. The highest BCUT2D eigenvalue weighted by molar-refractivity contribution is 5.78. The van der Waals surface area contributed by atoms with Crippen LogP contribution in [-0.4, -0.2) is 54.5 Å². The molecule has 1 aliphatic heterocycles. The van der Waals surface area contributed by atoms with Gasteiger partial charge < -0.3 is 10.6 Å². The molecule has 2 N–H and O–H groups in total. The van der Waals surface area contributed by atoms with Crippen LogP contribution >= 0.6 is 0 Å². The number of amides is 1. The van der Waals surface area contributed by atoms with Crippen molar-refractivity contribution in [1.29, 1.82) is 0 Å². The lowest BCUT2D eigenvalue weighted by molar-refractivity contribution is -0.132. The topological polar surface area (TPSA) is 49.6 Å². The first kappa shape index (κ1) is 13.5. The molecular weight excluding hydrogens is 202 g/mol. The highest BCUT2D eigenvalue weighted by Crippen LogP contribution is 2.07. The van der Waals surface area contributed by atoms with E-state index in [1.807, 2.05) is 11.8 Å². The molecule has 1 amide bonds. The lowest BCUT2D eigenvalue weighted by Crippen LogP contribution is -2.40. The van der Waals surface area contributed by atoms with Gasteiger partial charge in [0, 0.05) is 32.2 Å². The largest absolute Gasteiger partial charge is 0.342 e. The molecule has 1 atom stereocenters. The summed E-state index contributed by atoms with van der Waals surface area (Å²) in [6, 6.07) is 0.263. The summed E-state index contributed by atoms with van der Waals surface area (Å²) in [7, 11) is 0. The van der Waals surface area contributed by atoms with E-state index in [0.29, 0.717) is 6.54 Å². The highest BCUT2D eigenvalue weighted by atomic mass is 16.2. The normalized spacial score (nSPS) is 21.3. The number of nitrogens with zero attached hydrogens (tertiary/aromatic N) is 2. The summed E-state index contributed by atoms with van der Waals surface area (Å²) in [6.45, 7) is 8.30. The van der Waals surface area contributed by atoms with Crippen LogP contribution in [0.4, 0.5) is 0 Å². The van der Waals surface area contributed by atoms with Crippen LogP contribution in [0, 0.1) is 0 Å². The third-order valence-electron chi connectivity index (χ3n) is 3.18. The van der Waals surface area contributed by atoms with E-state index in [1.165, 1.54) is 0 Å². The quantitative estimate of drug-likeness (QED) is 0.725. The van der Waals surface area contributed by atoms with E-state index in [1.54, 1.807) is 0 Å². The molecule has 0 spiro atoms. The molecular formula is C12H25N3O. The van der Waals surface area contributed by atoms with E-state index in [0.717, 1.165) is 45.4 Å². The summed E-state index contributed by atoms with van der Waals surface area (Å²) < 4.78 is 0. The fourth-order valence-corrected chi connectivity index (χ4v) is 2.11. The minimum Gasteiger partial charge on any atom is -0.342 e. The third kappa shape index (κ3) is 4.10.